The Morgan fingerprint density at radius 2 is 1.95 bits per heavy atom. The summed E-state index contributed by atoms with van der Waals surface area (Å²) in [6, 6.07) is 10.0. The Kier molecular flexibility index (Phi) is 5.42. The number of methoxy groups -OCH3 is 1. The van der Waals surface area contributed by atoms with E-state index in [2.05, 4.69) is 0 Å². The van der Waals surface area contributed by atoms with E-state index in [1.165, 1.54) is 6.07 Å². The quantitative estimate of drug-likeness (QED) is 0.887. The first-order chi connectivity index (χ1) is 10.1. The lowest BCUT2D eigenvalue weighted by Crippen LogP contribution is -2.06. The maximum Gasteiger partial charge on any atom is 0.131 e. The van der Waals surface area contributed by atoms with Crippen molar-refractivity contribution in [3.63, 3.8) is 0 Å². The Bertz CT molecular complexity index is 619. The number of nitrogens with two attached hydrogens (primary N) is 1. The van der Waals surface area contributed by atoms with Gasteiger partial charge in [0.05, 0.1) is 7.11 Å². The average Bonchev–Trinajstić information content (AvgIpc) is 2.47. The normalized spacial score (nSPS) is 10.5. The maximum absolute atomic E-state index is 13.7. The fourth-order valence-corrected chi connectivity index (χ4v) is 2.13. The van der Waals surface area contributed by atoms with Crippen LogP contribution in [-0.4, -0.2) is 13.7 Å². The highest BCUT2D eigenvalue weighted by Crippen LogP contribution is 2.26. The van der Waals surface area contributed by atoms with Crippen molar-refractivity contribution in [1.82, 2.24) is 0 Å². The van der Waals surface area contributed by atoms with Crippen LogP contribution in [0.2, 0.25) is 5.02 Å². The van der Waals surface area contributed by atoms with Crippen molar-refractivity contribution < 1.29 is 13.9 Å². The maximum atomic E-state index is 13.7. The minimum atomic E-state index is -0.378. The number of hydrogen-bond donors (Lipinski definition) is 1. The fraction of sp³-hybridized carbons (Fsp3) is 0.250. The largest absolute Gasteiger partial charge is 0.497 e. The third kappa shape index (κ3) is 4.09. The molecule has 2 aromatic carbocycles. The minimum absolute atomic E-state index is 0.132. The van der Waals surface area contributed by atoms with Crippen molar-refractivity contribution >= 4 is 11.6 Å². The zero-order valence-electron chi connectivity index (χ0n) is 11.7. The van der Waals surface area contributed by atoms with Gasteiger partial charge in [0.25, 0.3) is 0 Å². The molecule has 0 spiro atoms. The molecule has 0 aliphatic rings. The summed E-state index contributed by atoms with van der Waals surface area (Å²) in [5.74, 6) is 1.04. The standard InChI is InChI=1S/C16H17ClFNO2/c1-20-14-4-5-16(11(8-14)6-7-19)21-10-12-2-3-13(17)9-15(12)18/h2-5,8-9H,6-7,10,19H2,1H3. The van der Waals surface area contributed by atoms with Gasteiger partial charge in [0, 0.05) is 10.6 Å². The molecule has 0 saturated heterocycles. The summed E-state index contributed by atoms with van der Waals surface area (Å²) >= 11 is 5.73. The average molecular weight is 310 g/mol. The Hall–Kier alpha value is -1.78. The van der Waals surface area contributed by atoms with E-state index in [1.807, 2.05) is 6.07 Å². The summed E-state index contributed by atoms with van der Waals surface area (Å²) in [6.45, 7) is 0.631. The van der Waals surface area contributed by atoms with Gasteiger partial charge in [0.1, 0.15) is 23.9 Å². The number of benzene rings is 2. The van der Waals surface area contributed by atoms with E-state index in [1.54, 1.807) is 31.4 Å². The molecular formula is C16H17ClFNO2. The van der Waals surface area contributed by atoms with E-state index in [0.717, 1.165) is 11.3 Å². The molecule has 0 aliphatic heterocycles. The lowest BCUT2D eigenvalue weighted by atomic mass is 10.1. The first-order valence-corrected chi connectivity index (χ1v) is 6.95. The van der Waals surface area contributed by atoms with Crippen LogP contribution in [0.5, 0.6) is 11.5 Å². The smallest absolute Gasteiger partial charge is 0.131 e. The molecule has 0 unspecified atom stereocenters. The number of ether oxygens (including phenoxy) is 2. The highest BCUT2D eigenvalue weighted by atomic mass is 35.5. The second-order valence-corrected chi connectivity index (χ2v) is 4.97. The van der Waals surface area contributed by atoms with Gasteiger partial charge in [-0.1, -0.05) is 17.7 Å². The lowest BCUT2D eigenvalue weighted by molar-refractivity contribution is 0.296. The SMILES string of the molecule is COc1ccc(OCc2ccc(Cl)cc2F)c(CCN)c1. The van der Waals surface area contributed by atoms with Gasteiger partial charge >= 0.3 is 0 Å². The van der Waals surface area contributed by atoms with Crippen molar-refractivity contribution in [2.24, 2.45) is 5.73 Å². The van der Waals surface area contributed by atoms with E-state index in [9.17, 15) is 4.39 Å². The summed E-state index contributed by atoms with van der Waals surface area (Å²) < 4.78 is 24.6. The van der Waals surface area contributed by atoms with Gasteiger partial charge in [-0.25, -0.2) is 4.39 Å². The molecule has 0 bridgehead atoms. The van der Waals surface area contributed by atoms with Crippen LogP contribution < -0.4 is 15.2 Å². The van der Waals surface area contributed by atoms with E-state index in [0.29, 0.717) is 29.3 Å². The van der Waals surface area contributed by atoms with Gasteiger partial charge in [-0.15, -0.1) is 0 Å². The summed E-state index contributed by atoms with van der Waals surface area (Å²) in [5, 5.41) is 0.365. The predicted molar refractivity (Wildman–Crippen MR) is 81.5 cm³/mol. The van der Waals surface area contributed by atoms with Gasteiger partial charge in [0.15, 0.2) is 0 Å². The van der Waals surface area contributed by atoms with Crippen LogP contribution in [0.15, 0.2) is 36.4 Å². The van der Waals surface area contributed by atoms with Crippen molar-refractivity contribution in [3.05, 3.63) is 58.4 Å². The topological polar surface area (TPSA) is 44.5 Å². The van der Waals surface area contributed by atoms with Crippen molar-refractivity contribution in [2.75, 3.05) is 13.7 Å². The molecule has 5 heteroatoms. The monoisotopic (exact) mass is 309 g/mol. The van der Waals surface area contributed by atoms with Gasteiger partial charge in [0.2, 0.25) is 0 Å². The molecule has 0 fully saturated rings. The molecular weight excluding hydrogens is 293 g/mol. The second-order valence-electron chi connectivity index (χ2n) is 4.54. The van der Waals surface area contributed by atoms with Crippen LogP contribution in [-0.2, 0) is 13.0 Å². The molecule has 112 valence electrons. The Morgan fingerprint density at radius 1 is 1.14 bits per heavy atom. The Balaban J connectivity index is 2.15. The third-order valence-corrected chi connectivity index (χ3v) is 3.31. The molecule has 2 N–H and O–H groups in total. The summed E-state index contributed by atoms with van der Waals surface area (Å²) in [7, 11) is 1.60. The van der Waals surface area contributed by atoms with Crippen LogP contribution in [0, 0.1) is 5.82 Å². The predicted octanol–water partition coefficient (Wildman–Crippen LogP) is 3.57. The summed E-state index contributed by atoms with van der Waals surface area (Å²) in [5.41, 5.74) is 6.99. The lowest BCUT2D eigenvalue weighted by Gasteiger charge is -2.13. The molecule has 2 rings (SSSR count). The minimum Gasteiger partial charge on any atom is -0.497 e. The Morgan fingerprint density at radius 3 is 2.62 bits per heavy atom. The van der Waals surface area contributed by atoms with Crippen molar-refractivity contribution in [1.29, 1.82) is 0 Å². The van der Waals surface area contributed by atoms with E-state index < -0.39 is 0 Å². The van der Waals surface area contributed by atoms with E-state index in [4.69, 9.17) is 26.8 Å². The number of hydrogen-bond acceptors (Lipinski definition) is 3. The molecule has 0 amide bonds. The highest BCUT2D eigenvalue weighted by molar-refractivity contribution is 6.30. The Labute approximate surface area is 128 Å². The van der Waals surface area contributed by atoms with Gasteiger partial charge in [-0.3, -0.25) is 0 Å². The second kappa shape index (κ2) is 7.29. The molecule has 0 saturated carbocycles. The zero-order chi connectivity index (χ0) is 15.2. The first kappa shape index (κ1) is 15.6. The van der Waals surface area contributed by atoms with Gasteiger partial charge < -0.3 is 15.2 Å². The van der Waals surface area contributed by atoms with Crippen LogP contribution >= 0.6 is 11.6 Å². The third-order valence-electron chi connectivity index (χ3n) is 3.08. The van der Waals surface area contributed by atoms with Crippen molar-refractivity contribution in [2.45, 2.75) is 13.0 Å². The van der Waals surface area contributed by atoms with Gasteiger partial charge in [-0.05, 0) is 48.9 Å². The molecule has 2 aromatic rings. The van der Waals surface area contributed by atoms with Crippen LogP contribution in [0.25, 0.3) is 0 Å². The van der Waals surface area contributed by atoms with Crippen LogP contribution in [0.4, 0.5) is 4.39 Å². The highest BCUT2D eigenvalue weighted by Gasteiger charge is 2.08. The van der Waals surface area contributed by atoms with Gasteiger partial charge in [-0.2, -0.15) is 0 Å². The summed E-state index contributed by atoms with van der Waals surface area (Å²) in [4.78, 5) is 0. The molecule has 0 atom stereocenters. The fourth-order valence-electron chi connectivity index (χ4n) is 1.97. The number of halogens is 2. The molecule has 21 heavy (non-hydrogen) atoms. The molecule has 0 heterocycles. The molecule has 0 aliphatic carbocycles. The van der Waals surface area contributed by atoms with E-state index >= 15 is 0 Å². The molecule has 0 aromatic heterocycles. The van der Waals surface area contributed by atoms with Crippen molar-refractivity contribution in [3.8, 4) is 11.5 Å². The van der Waals surface area contributed by atoms with Crippen LogP contribution in [0.3, 0.4) is 0 Å². The summed E-state index contributed by atoms with van der Waals surface area (Å²) in [6.07, 6.45) is 0.662. The molecule has 0 radical (unpaired) electrons. The zero-order valence-corrected chi connectivity index (χ0v) is 12.5. The molecule has 3 nitrogen and oxygen atoms in total. The first-order valence-electron chi connectivity index (χ1n) is 6.57. The number of rotatable bonds is 6. The van der Waals surface area contributed by atoms with Crippen LogP contribution in [0.1, 0.15) is 11.1 Å². The van der Waals surface area contributed by atoms with E-state index in [-0.39, 0.29) is 12.4 Å².